The Bertz CT molecular complexity index is 772. The fourth-order valence-electron chi connectivity index (χ4n) is 1.94. The first-order valence-corrected chi connectivity index (χ1v) is 5.72. The first-order chi connectivity index (χ1) is 8.65. The maximum Gasteiger partial charge on any atom is 0.331 e. The molecule has 0 radical (unpaired) electrons. The Morgan fingerprint density at radius 3 is 2.56 bits per heavy atom. The predicted octanol–water partition coefficient (Wildman–Crippen LogP) is 2.68. The molecule has 90 valence electrons. The summed E-state index contributed by atoms with van der Waals surface area (Å²) >= 11 is 5.88. The van der Waals surface area contributed by atoms with Gasteiger partial charge in [-0.05, 0) is 42.5 Å². The Labute approximate surface area is 107 Å². The lowest BCUT2D eigenvalue weighted by Gasteiger charge is -2.03. The van der Waals surface area contributed by atoms with Crippen LogP contribution in [0.15, 0.2) is 47.3 Å². The molecular formula is C13H9ClN2O2. The number of hydrogen-bond acceptors (Lipinski definition) is 2. The summed E-state index contributed by atoms with van der Waals surface area (Å²) in [5.41, 5.74) is 1.87. The molecule has 4 nitrogen and oxygen atoms in total. The number of nitrogens with one attached hydrogen (secondary N) is 1. The second-order valence-electron chi connectivity index (χ2n) is 3.94. The molecule has 0 aliphatic carbocycles. The molecule has 0 amide bonds. The third kappa shape index (κ3) is 1.67. The highest BCUT2D eigenvalue weighted by Crippen LogP contribution is 2.20. The van der Waals surface area contributed by atoms with Gasteiger partial charge in [0.25, 0.3) is 0 Å². The number of aromatic amines is 1. The van der Waals surface area contributed by atoms with E-state index in [9.17, 15) is 9.90 Å². The summed E-state index contributed by atoms with van der Waals surface area (Å²) in [6, 6.07) is 11.6. The van der Waals surface area contributed by atoms with E-state index in [1.807, 2.05) is 0 Å². The fraction of sp³-hybridized carbons (Fsp3) is 0. The molecule has 0 saturated carbocycles. The van der Waals surface area contributed by atoms with E-state index < -0.39 is 0 Å². The maximum absolute atomic E-state index is 11.9. The van der Waals surface area contributed by atoms with Crippen molar-refractivity contribution >= 4 is 22.6 Å². The van der Waals surface area contributed by atoms with Crippen molar-refractivity contribution in [3.63, 3.8) is 0 Å². The van der Waals surface area contributed by atoms with Crippen molar-refractivity contribution in [1.29, 1.82) is 0 Å². The van der Waals surface area contributed by atoms with E-state index in [1.54, 1.807) is 30.3 Å². The van der Waals surface area contributed by atoms with Crippen LogP contribution in [0, 0.1) is 0 Å². The molecule has 0 aliphatic heterocycles. The molecule has 0 fully saturated rings. The molecule has 0 spiro atoms. The van der Waals surface area contributed by atoms with Crippen LogP contribution in [0.5, 0.6) is 5.75 Å². The molecule has 18 heavy (non-hydrogen) atoms. The van der Waals surface area contributed by atoms with Gasteiger partial charge in [-0.2, -0.15) is 0 Å². The minimum Gasteiger partial charge on any atom is -0.508 e. The SMILES string of the molecule is O=c1[nH]c2cc(Cl)ccc2n1-c1ccc(O)cc1. The smallest absolute Gasteiger partial charge is 0.331 e. The Kier molecular flexibility index (Phi) is 2.38. The number of hydrogen-bond donors (Lipinski definition) is 2. The van der Waals surface area contributed by atoms with Crippen molar-refractivity contribution in [3.8, 4) is 11.4 Å². The van der Waals surface area contributed by atoms with E-state index in [2.05, 4.69) is 4.98 Å². The average Bonchev–Trinajstić information content (AvgIpc) is 2.65. The number of H-pyrrole nitrogens is 1. The lowest BCUT2D eigenvalue weighted by molar-refractivity contribution is 0.475. The molecule has 0 bridgehead atoms. The third-order valence-electron chi connectivity index (χ3n) is 2.75. The van der Waals surface area contributed by atoms with Crippen molar-refractivity contribution in [2.45, 2.75) is 0 Å². The van der Waals surface area contributed by atoms with E-state index in [4.69, 9.17) is 11.6 Å². The number of aromatic hydroxyl groups is 1. The number of benzene rings is 2. The minimum absolute atomic E-state index is 0.162. The molecule has 3 rings (SSSR count). The number of imidazole rings is 1. The molecule has 0 aliphatic rings. The molecule has 3 aromatic rings. The van der Waals surface area contributed by atoms with Crippen LogP contribution in [0.1, 0.15) is 0 Å². The zero-order valence-corrected chi connectivity index (χ0v) is 9.98. The first-order valence-electron chi connectivity index (χ1n) is 5.35. The lowest BCUT2D eigenvalue weighted by atomic mass is 10.2. The van der Waals surface area contributed by atoms with Gasteiger partial charge in [0.15, 0.2) is 0 Å². The summed E-state index contributed by atoms with van der Waals surface area (Å²) in [6.07, 6.45) is 0. The van der Waals surface area contributed by atoms with E-state index >= 15 is 0 Å². The van der Waals surface area contributed by atoms with E-state index in [0.717, 1.165) is 5.52 Å². The summed E-state index contributed by atoms with van der Waals surface area (Å²) in [6.45, 7) is 0. The molecule has 2 N–H and O–H groups in total. The van der Waals surface area contributed by atoms with Crippen molar-refractivity contribution in [2.24, 2.45) is 0 Å². The molecule has 0 atom stereocenters. The van der Waals surface area contributed by atoms with Crippen LogP contribution < -0.4 is 5.69 Å². The van der Waals surface area contributed by atoms with Crippen molar-refractivity contribution in [3.05, 3.63) is 58.0 Å². The summed E-state index contributed by atoms with van der Waals surface area (Å²) in [5, 5.41) is 9.83. The highest BCUT2D eigenvalue weighted by atomic mass is 35.5. The highest BCUT2D eigenvalue weighted by molar-refractivity contribution is 6.31. The fourth-order valence-corrected chi connectivity index (χ4v) is 2.11. The van der Waals surface area contributed by atoms with Gasteiger partial charge in [-0.15, -0.1) is 0 Å². The number of aromatic nitrogens is 2. The normalized spacial score (nSPS) is 10.9. The maximum atomic E-state index is 11.9. The van der Waals surface area contributed by atoms with Crippen LogP contribution in [0.25, 0.3) is 16.7 Å². The van der Waals surface area contributed by atoms with Crippen LogP contribution >= 0.6 is 11.6 Å². The number of halogens is 1. The van der Waals surface area contributed by atoms with E-state index in [1.165, 1.54) is 16.7 Å². The number of rotatable bonds is 1. The second kappa shape index (κ2) is 3.92. The van der Waals surface area contributed by atoms with Crippen LogP contribution in [0.2, 0.25) is 5.02 Å². The molecule has 1 heterocycles. The van der Waals surface area contributed by atoms with Gasteiger partial charge in [0, 0.05) is 5.02 Å². The zero-order valence-electron chi connectivity index (χ0n) is 9.22. The number of phenols is 1. The van der Waals surface area contributed by atoms with Crippen molar-refractivity contribution in [1.82, 2.24) is 9.55 Å². The van der Waals surface area contributed by atoms with Crippen LogP contribution in [0.3, 0.4) is 0 Å². The lowest BCUT2D eigenvalue weighted by Crippen LogP contribution is -2.14. The van der Waals surface area contributed by atoms with Gasteiger partial charge in [0.05, 0.1) is 16.7 Å². The van der Waals surface area contributed by atoms with Crippen LogP contribution in [-0.2, 0) is 0 Å². The Morgan fingerprint density at radius 2 is 1.83 bits per heavy atom. The quantitative estimate of drug-likeness (QED) is 0.707. The molecule has 0 unspecified atom stereocenters. The monoisotopic (exact) mass is 260 g/mol. The summed E-state index contributed by atoms with van der Waals surface area (Å²) in [4.78, 5) is 14.7. The van der Waals surface area contributed by atoms with E-state index in [0.29, 0.717) is 16.2 Å². The Balaban J connectivity index is 2.32. The molecule has 2 aromatic carbocycles. The van der Waals surface area contributed by atoms with Gasteiger partial charge in [-0.1, -0.05) is 11.6 Å². The van der Waals surface area contributed by atoms with Gasteiger partial charge in [0.1, 0.15) is 5.75 Å². The Hall–Kier alpha value is -2.20. The number of phenolic OH excluding ortho intramolecular Hbond substituents is 1. The van der Waals surface area contributed by atoms with Crippen LogP contribution in [0.4, 0.5) is 0 Å². The first kappa shape index (κ1) is 10.9. The summed E-state index contributed by atoms with van der Waals surface area (Å²) in [5.74, 6) is 0.162. The predicted molar refractivity (Wildman–Crippen MR) is 70.6 cm³/mol. The molecular weight excluding hydrogens is 252 g/mol. The van der Waals surface area contributed by atoms with Crippen LogP contribution in [-0.4, -0.2) is 14.7 Å². The van der Waals surface area contributed by atoms with Crippen molar-refractivity contribution < 1.29 is 5.11 Å². The van der Waals surface area contributed by atoms with Gasteiger partial charge in [-0.3, -0.25) is 4.57 Å². The Morgan fingerprint density at radius 1 is 1.11 bits per heavy atom. The molecule has 1 aromatic heterocycles. The molecule has 0 saturated heterocycles. The second-order valence-corrected chi connectivity index (χ2v) is 4.38. The average molecular weight is 261 g/mol. The standard InChI is InChI=1S/C13H9ClN2O2/c14-8-1-6-12-11(7-8)15-13(18)16(12)9-2-4-10(17)5-3-9/h1-7,17H,(H,15,18). The number of fused-ring (bicyclic) bond motifs is 1. The summed E-state index contributed by atoms with van der Waals surface area (Å²) < 4.78 is 1.53. The van der Waals surface area contributed by atoms with Crippen molar-refractivity contribution in [2.75, 3.05) is 0 Å². The number of nitrogens with zero attached hydrogens (tertiary/aromatic N) is 1. The summed E-state index contributed by atoms with van der Waals surface area (Å²) in [7, 11) is 0. The largest absolute Gasteiger partial charge is 0.508 e. The topological polar surface area (TPSA) is 58.0 Å². The highest BCUT2D eigenvalue weighted by Gasteiger charge is 2.08. The molecule has 5 heteroatoms. The zero-order chi connectivity index (χ0) is 12.7. The van der Waals surface area contributed by atoms with E-state index in [-0.39, 0.29) is 11.4 Å². The van der Waals surface area contributed by atoms with Gasteiger partial charge >= 0.3 is 5.69 Å². The van der Waals surface area contributed by atoms with Gasteiger partial charge in [-0.25, -0.2) is 4.79 Å². The third-order valence-corrected chi connectivity index (χ3v) is 2.99. The minimum atomic E-state index is -0.238. The van der Waals surface area contributed by atoms with Gasteiger partial charge in [0.2, 0.25) is 0 Å². The van der Waals surface area contributed by atoms with Gasteiger partial charge < -0.3 is 10.1 Å².